The number of nitrogens with zero attached hydrogens (tertiary/aromatic N) is 2. The summed E-state index contributed by atoms with van der Waals surface area (Å²) in [6.07, 6.45) is 5.03. The quantitative estimate of drug-likeness (QED) is 0.799. The van der Waals surface area contributed by atoms with Crippen LogP contribution >= 0.6 is 0 Å². The Labute approximate surface area is 107 Å². The lowest BCUT2D eigenvalue weighted by molar-refractivity contribution is 0.178. The van der Waals surface area contributed by atoms with Gasteiger partial charge in [-0.05, 0) is 40.5 Å². The van der Waals surface area contributed by atoms with Crippen molar-refractivity contribution in [3.05, 3.63) is 0 Å². The monoisotopic (exact) mass is 239 g/mol. The largest absolute Gasteiger partial charge is 0.373 e. The fourth-order valence-electron chi connectivity index (χ4n) is 2.46. The van der Waals surface area contributed by atoms with E-state index in [0.29, 0.717) is 12.1 Å². The second-order valence-electron chi connectivity index (χ2n) is 5.49. The van der Waals surface area contributed by atoms with Crippen LogP contribution in [0.4, 0.5) is 0 Å². The van der Waals surface area contributed by atoms with Crippen molar-refractivity contribution in [1.29, 1.82) is 0 Å². The van der Waals surface area contributed by atoms with Gasteiger partial charge in [-0.3, -0.25) is 9.89 Å². The molecule has 17 heavy (non-hydrogen) atoms. The Hall–Kier alpha value is -0.570. The molecule has 1 N–H and O–H groups in total. The fourth-order valence-corrected chi connectivity index (χ4v) is 2.46. The van der Waals surface area contributed by atoms with E-state index in [2.05, 4.69) is 42.9 Å². The maximum absolute atomic E-state index is 4.60. The maximum Gasteiger partial charge on any atom is 0.0963 e. The molecule has 0 radical (unpaired) electrons. The molecule has 0 atom stereocenters. The number of nitrogens with one attached hydrogen (secondary N) is 1. The first kappa shape index (κ1) is 14.5. The van der Waals surface area contributed by atoms with Crippen LogP contribution in [0.15, 0.2) is 4.99 Å². The van der Waals surface area contributed by atoms with Crippen LogP contribution in [0.2, 0.25) is 0 Å². The van der Waals surface area contributed by atoms with E-state index in [0.717, 1.165) is 26.1 Å². The zero-order chi connectivity index (χ0) is 12.7. The lowest BCUT2D eigenvalue weighted by Crippen LogP contribution is -2.42. The molecule has 0 aromatic heterocycles. The van der Waals surface area contributed by atoms with Gasteiger partial charge in [0, 0.05) is 38.1 Å². The molecule has 0 unspecified atom stereocenters. The minimum absolute atomic E-state index is 0.618. The molecule has 0 amide bonds. The summed E-state index contributed by atoms with van der Waals surface area (Å²) in [6.45, 7) is 12.2. The van der Waals surface area contributed by atoms with Crippen molar-refractivity contribution in [2.75, 3.05) is 19.6 Å². The third-order valence-electron chi connectivity index (χ3n) is 3.40. The Bertz CT molecular complexity index is 226. The van der Waals surface area contributed by atoms with E-state index < -0.39 is 0 Å². The fraction of sp³-hybridized carbons (Fsp3) is 0.929. The molecule has 1 heterocycles. The minimum atomic E-state index is 0.618. The highest BCUT2D eigenvalue weighted by Gasteiger charge is 2.12. The van der Waals surface area contributed by atoms with E-state index >= 15 is 0 Å². The lowest BCUT2D eigenvalue weighted by Gasteiger charge is -2.30. The first-order chi connectivity index (χ1) is 8.11. The van der Waals surface area contributed by atoms with Crippen LogP contribution in [0.1, 0.15) is 53.4 Å². The van der Waals surface area contributed by atoms with Crippen molar-refractivity contribution in [3.8, 4) is 0 Å². The Morgan fingerprint density at radius 3 is 2.47 bits per heavy atom. The molecule has 0 spiro atoms. The van der Waals surface area contributed by atoms with Gasteiger partial charge in [-0.25, -0.2) is 0 Å². The molecule has 1 aliphatic rings. The van der Waals surface area contributed by atoms with Crippen LogP contribution in [0.25, 0.3) is 0 Å². The average molecular weight is 239 g/mol. The van der Waals surface area contributed by atoms with Crippen LogP contribution < -0.4 is 5.32 Å². The molecule has 0 aromatic rings. The molecule has 0 aliphatic carbocycles. The standard InChI is InChI=1S/C14H29N3/c1-12(2)17(13(3)4)11-10-16-14-8-6-5-7-9-15-14/h12-13H,5-11H2,1-4H3,(H,15,16). The highest BCUT2D eigenvalue weighted by atomic mass is 15.2. The molecule has 0 saturated heterocycles. The van der Waals surface area contributed by atoms with E-state index in [-0.39, 0.29) is 0 Å². The molecule has 3 heteroatoms. The van der Waals surface area contributed by atoms with Gasteiger partial charge in [0.15, 0.2) is 0 Å². The average Bonchev–Trinajstić information content (AvgIpc) is 2.51. The summed E-state index contributed by atoms with van der Waals surface area (Å²) < 4.78 is 0. The maximum atomic E-state index is 4.60. The molecule has 0 fully saturated rings. The molecule has 0 saturated carbocycles. The Morgan fingerprint density at radius 2 is 1.82 bits per heavy atom. The number of hydrogen-bond acceptors (Lipinski definition) is 3. The van der Waals surface area contributed by atoms with E-state index in [9.17, 15) is 0 Å². The van der Waals surface area contributed by atoms with Crippen LogP contribution in [0.5, 0.6) is 0 Å². The van der Waals surface area contributed by atoms with Gasteiger partial charge in [-0.1, -0.05) is 6.42 Å². The van der Waals surface area contributed by atoms with Gasteiger partial charge in [0.05, 0.1) is 5.84 Å². The summed E-state index contributed by atoms with van der Waals surface area (Å²) in [7, 11) is 0. The number of rotatable bonds is 5. The normalized spacial score (nSPS) is 17.5. The predicted octanol–water partition coefficient (Wildman–Crippen LogP) is 2.67. The summed E-state index contributed by atoms with van der Waals surface area (Å²) >= 11 is 0. The topological polar surface area (TPSA) is 27.6 Å². The van der Waals surface area contributed by atoms with E-state index in [4.69, 9.17) is 0 Å². The number of aliphatic imine (C=N–C) groups is 1. The molecule has 100 valence electrons. The SMILES string of the molecule is CC(C)N(CCNC1=NCCCCC1)C(C)C. The summed E-state index contributed by atoms with van der Waals surface area (Å²) in [4.78, 5) is 7.11. The van der Waals surface area contributed by atoms with Crippen LogP contribution in [-0.4, -0.2) is 42.5 Å². The number of hydrogen-bond donors (Lipinski definition) is 1. The van der Waals surface area contributed by atoms with Crippen molar-refractivity contribution in [1.82, 2.24) is 10.2 Å². The number of amidine groups is 1. The van der Waals surface area contributed by atoms with Crippen molar-refractivity contribution in [2.45, 2.75) is 65.5 Å². The third-order valence-corrected chi connectivity index (χ3v) is 3.40. The van der Waals surface area contributed by atoms with Gasteiger partial charge >= 0.3 is 0 Å². The lowest BCUT2D eigenvalue weighted by atomic mass is 10.2. The Morgan fingerprint density at radius 1 is 1.12 bits per heavy atom. The summed E-state index contributed by atoms with van der Waals surface area (Å²) in [5.74, 6) is 1.23. The van der Waals surface area contributed by atoms with E-state index in [1.165, 1.54) is 25.1 Å². The Balaban J connectivity index is 2.27. The highest BCUT2D eigenvalue weighted by molar-refractivity contribution is 5.82. The zero-order valence-corrected chi connectivity index (χ0v) is 12.0. The summed E-state index contributed by atoms with van der Waals surface area (Å²) in [5, 5.41) is 3.51. The Kier molecular flexibility index (Phi) is 6.56. The van der Waals surface area contributed by atoms with Gasteiger partial charge in [-0.2, -0.15) is 0 Å². The molecule has 1 rings (SSSR count). The first-order valence-corrected chi connectivity index (χ1v) is 7.14. The van der Waals surface area contributed by atoms with Crippen molar-refractivity contribution in [3.63, 3.8) is 0 Å². The second-order valence-corrected chi connectivity index (χ2v) is 5.49. The third kappa shape index (κ3) is 5.53. The van der Waals surface area contributed by atoms with Crippen molar-refractivity contribution < 1.29 is 0 Å². The summed E-state index contributed by atoms with van der Waals surface area (Å²) in [6, 6.07) is 1.24. The van der Waals surface area contributed by atoms with Gasteiger partial charge < -0.3 is 5.32 Å². The van der Waals surface area contributed by atoms with Gasteiger partial charge in [0.2, 0.25) is 0 Å². The minimum Gasteiger partial charge on any atom is -0.373 e. The molecular formula is C14H29N3. The van der Waals surface area contributed by atoms with Gasteiger partial charge in [-0.15, -0.1) is 0 Å². The smallest absolute Gasteiger partial charge is 0.0963 e. The second kappa shape index (κ2) is 7.70. The van der Waals surface area contributed by atoms with Crippen LogP contribution in [0.3, 0.4) is 0 Å². The van der Waals surface area contributed by atoms with Gasteiger partial charge in [0.1, 0.15) is 0 Å². The summed E-state index contributed by atoms with van der Waals surface area (Å²) in [5.41, 5.74) is 0. The molecule has 1 aliphatic heterocycles. The van der Waals surface area contributed by atoms with Crippen molar-refractivity contribution in [2.24, 2.45) is 4.99 Å². The molecular weight excluding hydrogens is 210 g/mol. The van der Waals surface area contributed by atoms with Crippen molar-refractivity contribution >= 4 is 5.84 Å². The van der Waals surface area contributed by atoms with Crippen LogP contribution in [0, 0.1) is 0 Å². The van der Waals surface area contributed by atoms with E-state index in [1.807, 2.05) is 0 Å². The van der Waals surface area contributed by atoms with E-state index in [1.54, 1.807) is 0 Å². The van der Waals surface area contributed by atoms with Crippen LogP contribution in [-0.2, 0) is 0 Å². The zero-order valence-electron chi connectivity index (χ0n) is 12.0. The highest BCUT2D eigenvalue weighted by Crippen LogP contribution is 2.06. The van der Waals surface area contributed by atoms with Gasteiger partial charge in [0.25, 0.3) is 0 Å². The predicted molar refractivity (Wildman–Crippen MR) is 75.8 cm³/mol. The first-order valence-electron chi connectivity index (χ1n) is 7.14. The molecule has 0 bridgehead atoms. The molecule has 3 nitrogen and oxygen atoms in total. The molecule has 0 aromatic carbocycles.